The molecule has 1 unspecified atom stereocenters. The molecule has 2 heterocycles. The molecule has 0 aliphatic rings. The maximum atomic E-state index is 4.14. The summed E-state index contributed by atoms with van der Waals surface area (Å²) in [6.07, 6.45) is 3.81. The van der Waals surface area contributed by atoms with Crippen LogP contribution in [0.5, 0.6) is 0 Å². The summed E-state index contributed by atoms with van der Waals surface area (Å²) in [7, 11) is 0. The van der Waals surface area contributed by atoms with Gasteiger partial charge in [-0.1, -0.05) is 20.8 Å². The van der Waals surface area contributed by atoms with E-state index in [-0.39, 0.29) is 0 Å². The Hall–Kier alpha value is -0.890. The predicted octanol–water partition coefficient (Wildman–Crippen LogP) is 4.06. The minimum absolute atomic E-state index is 0.646. The van der Waals surface area contributed by atoms with Gasteiger partial charge in [0.2, 0.25) is 0 Å². The summed E-state index contributed by atoms with van der Waals surface area (Å²) in [6, 6.07) is 4.38. The average Bonchev–Trinajstić information content (AvgIpc) is 2.59. The van der Waals surface area contributed by atoms with Crippen LogP contribution in [0.2, 0.25) is 0 Å². The molecule has 0 bridgehead atoms. The first-order valence-corrected chi connectivity index (χ1v) is 5.83. The lowest BCUT2D eigenvalue weighted by Gasteiger charge is -2.12. The van der Waals surface area contributed by atoms with E-state index >= 15 is 0 Å². The molecule has 0 aliphatic heterocycles. The van der Waals surface area contributed by atoms with E-state index in [1.54, 1.807) is 0 Å². The molecule has 2 aromatic heterocycles. The van der Waals surface area contributed by atoms with Gasteiger partial charge in [-0.2, -0.15) is 0 Å². The Bertz CT molecular complexity index is 398. The highest BCUT2D eigenvalue weighted by Crippen LogP contribution is 2.33. The maximum Gasteiger partial charge on any atom is 0.0529 e. The van der Waals surface area contributed by atoms with Gasteiger partial charge in [0.15, 0.2) is 0 Å². The van der Waals surface area contributed by atoms with E-state index < -0.39 is 0 Å². The zero-order valence-electron chi connectivity index (χ0n) is 8.82. The monoisotopic (exact) mass is 205 g/mol. The molecule has 1 nitrogen and oxygen atoms in total. The molecule has 2 aromatic rings. The van der Waals surface area contributed by atoms with Crippen molar-refractivity contribution in [2.24, 2.45) is 5.92 Å². The van der Waals surface area contributed by atoms with Crippen LogP contribution in [-0.4, -0.2) is 4.98 Å². The van der Waals surface area contributed by atoms with Crippen LogP contribution < -0.4 is 0 Å². The molecule has 0 spiro atoms. The van der Waals surface area contributed by atoms with Gasteiger partial charge in [-0.15, -0.1) is 11.3 Å². The summed E-state index contributed by atoms with van der Waals surface area (Å²) < 4.78 is 1.30. The van der Waals surface area contributed by atoms with E-state index in [4.69, 9.17) is 0 Å². The first-order chi connectivity index (χ1) is 6.68. The molecule has 0 radical (unpaired) electrons. The van der Waals surface area contributed by atoms with Gasteiger partial charge >= 0.3 is 0 Å². The van der Waals surface area contributed by atoms with Crippen LogP contribution in [0.25, 0.3) is 10.1 Å². The molecule has 0 aliphatic carbocycles. The van der Waals surface area contributed by atoms with E-state index in [0.29, 0.717) is 11.8 Å². The zero-order valence-corrected chi connectivity index (χ0v) is 9.64. The van der Waals surface area contributed by atoms with Crippen LogP contribution >= 0.6 is 11.3 Å². The largest absolute Gasteiger partial charge is 0.263 e. The fourth-order valence-electron chi connectivity index (χ4n) is 1.46. The molecule has 0 saturated carbocycles. The molecule has 1 atom stereocenters. The smallest absolute Gasteiger partial charge is 0.0529 e. The number of fused-ring (bicyclic) bond motifs is 1. The van der Waals surface area contributed by atoms with E-state index in [1.165, 1.54) is 15.0 Å². The van der Waals surface area contributed by atoms with Crippen molar-refractivity contribution in [3.8, 4) is 0 Å². The maximum absolute atomic E-state index is 4.14. The van der Waals surface area contributed by atoms with Gasteiger partial charge < -0.3 is 0 Å². The summed E-state index contributed by atoms with van der Waals surface area (Å²) in [5.74, 6) is 1.35. The van der Waals surface area contributed by atoms with Gasteiger partial charge in [-0.25, -0.2) is 0 Å². The molecular formula is C12H15NS. The number of pyridine rings is 1. The summed E-state index contributed by atoms with van der Waals surface area (Å²) in [5.41, 5.74) is 0. The standard InChI is InChI=1S/C12H15NS/c1-8(2)9(3)11-6-10-4-5-13-7-12(10)14-11/h4-9H,1-3H3. The van der Waals surface area contributed by atoms with Crippen LogP contribution in [0.1, 0.15) is 31.6 Å². The van der Waals surface area contributed by atoms with Crippen molar-refractivity contribution in [3.05, 3.63) is 29.4 Å². The lowest BCUT2D eigenvalue weighted by Crippen LogP contribution is -1.98. The lowest BCUT2D eigenvalue weighted by atomic mass is 9.96. The molecule has 74 valence electrons. The second-order valence-electron chi connectivity index (χ2n) is 4.09. The van der Waals surface area contributed by atoms with Crippen LogP contribution in [0.3, 0.4) is 0 Å². The summed E-state index contributed by atoms with van der Waals surface area (Å²) in [4.78, 5) is 5.62. The molecule has 2 rings (SSSR count). The highest BCUT2D eigenvalue weighted by Gasteiger charge is 2.12. The van der Waals surface area contributed by atoms with Crippen LogP contribution in [0.15, 0.2) is 24.5 Å². The van der Waals surface area contributed by atoms with E-state index in [0.717, 1.165) is 0 Å². The second kappa shape index (κ2) is 3.70. The van der Waals surface area contributed by atoms with Crippen molar-refractivity contribution in [1.29, 1.82) is 0 Å². The molecule has 0 aromatic carbocycles. The minimum atomic E-state index is 0.646. The Labute approximate surface area is 88.8 Å². The minimum Gasteiger partial charge on any atom is -0.263 e. The van der Waals surface area contributed by atoms with Crippen molar-refractivity contribution in [2.45, 2.75) is 26.7 Å². The Balaban J connectivity index is 2.45. The number of hydrogen-bond acceptors (Lipinski definition) is 2. The van der Waals surface area contributed by atoms with Crippen molar-refractivity contribution in [3.63, 3.8) is 0 Å². The van der Waals surface area contributed by atoms with Crippen molar-refractivity contribution in [1.82, 2.24) is 4.98 Å². The first kappa shape index (κ1) is 9.66. The van der Waals surface area contributed by atoms with Gasteiger partial charge in [0.25, 0.3) is 0 Å². The number of nitrogens with zero attached hydrogens (tertiary/aromatic N) is 1. The third kappa shape index (κ3) is 1.67. The van der Waals surface area contributed by atoms with E-state index in [2.05, 4.69) is 37.9 Å². The van der Waals surface area contributed by atoms with Crippen molar-refractivity contribution in [2.75, 3.05) is 0 Å². The summed E-state index contributed by atoms with van der Waals surface area (Å²) in [5, 5.41) is 1.33. The van der Waals surface area contributed by atoms with Crippen LogP contribution in [-0.2, 0) is 0 Å². The topological polar surface area (TPSA) is 12.9 Å². The number of thiophene rings is 1. The van der Waals surface area contributed by atoms with Crippen molar-refractivity contribution < 1.29 is 0 Å². The molecule has 0 N–H and O–H groups in total. The van der Waals surface area contributed by atoms with Crippen LogP contribution in [0, 0.1) is 5.92 Å². The Kier molecular flexibility index (Phi) is 2.55. The average molecular weight is 205 g/mol. The predicted molar refractivity (Wildman–Crippen MR) is 62.9 cm³/mol. The molecule has 2 heteroatoms. The van der Waals surface area contributed by atoms with Crippen LogP contribution in [0.4, 0.5) is 0 Å². The van der Waals surface area contributed by atoms with Gasteiger partial charge in [0.05, 0.1) is 4.70 Å². The SMILES string of the molecule is CC(C)C(C)c1cc2ccncc2s1. The number of aromatic nitrogens is 1. The molecule has 0 fully saturated rings. The third-order valence-corrected chi connectivity index (χ3v) is 4.08. The van der Waals surface area contributed by atoms with E-state index in [1.807, 2.05) is 23.7 Å². The van der Waals surface area contributed by atoms with Gasteiger partial charge in [0.1, 0.15) is 0 Å². The highest BCUT2D eigenvalue weighted by atomic mass is 32.1. The lowest BCUT2D eigenvalue weighted by molar-refractivity contribution is 0.542. The Morgan fingerprint density at radius 1 is 1.29 bits per heavy atom. The third-order valence-electron chi connectivity index (χ3n) is 2.79. The zero-order chi connectivity index (χ0) is 10.1. The Morgan fingerprint density at radius 2 is 2.07 bits per heavy atom. The van der Waals surface area contributed by atoms with E-state index in [9.17, 15) is 0 Å². The fraction of sp³-hybridized carbons (Fsp3) is 0.417. The normalized spacial score (nSPS) is 13.7. The molecule has 14 heavy (non-hydrogen) atoms. The summed E-state index contributed by atoms with van der Waals surface area (Å²) >= 11 is 1.87. The first-order valence-electron chi connectivity index (χ1n) is 5.02. The Morgan fingerprint density at radius 3 is 2.71 bits per heavy atom. The van der Waals surface area contributed by atoms with Gasteiger partial charge in [-0.3, -0.25) is 4.98 Å². The highest BCUT2D eigenvalue weighted by molar-refractivity contribution is 7.19. The summed E-state index contributed by atoms with van der Waals surface area (Å²) in [6.45, 7) is 6.84. The fourth-order valence-corrected chi connectivity index (χ4v) is 2.71. The second-order valence-corrected chi connectivity index (χ2v) is 5.21. The molecule has 0 amide bonds. The van der Waals surface area contributed by atoms with Gasteiger partial charge in [-0.05, 0) is 29.4 Å². The molecule has 0 saturated heterocycles. The number of rotatable bonds is 2. The molecular weight excluding hydrogens is 190 g/mol. The number of hydrogen-bond donors (Lipinski definition) is 0. The van der Waals surface area contributed by atoms with Crippen molar-refractivity contribution >= 4 is 21.4 Å². The quantitative estimate of drug-likeness (QED) is 0.720. The van der Waals surface area contributed by atoms with Gasteiger partial charge in [0, 0.05) is 17.3 Å².